The van der Waals surface area contributed by atoms with Gasteiger partial charge in [-0.05, 0) is 29.8 Å². The number of aldehydes is 1. The van der Waals surface area contributed by atoms with E-state index in [-0.39, 0.29) is 11.9 Å². The third-order valence-corrected chi connectivity index (χ3v) is 6.02. The fraction of sp³-hybridized carbons (Fsp3) is 0.190. The Morgan fingerprint density at radius 3 is 2.35 bits per heavy atom. The Bertz CT molecular complexity index is 1050. The Morgan fingerprint density at radius 2 is 1.77 bits per heavy atom. The summed E-state index contributed by atoms with van der Waals surface area (Å²) in [6.45, 7) is 0. The number of halogens is 2. The maximum Gasteiger partial charge on any atom is 0.348 e. The second-order valence-corrected chi connectivity index (χ2v) is 8.09. The zero-order valence-electron chi connectivity index (χ0n) is 16.6. The third-order valence-electron chi connectivity index (χ3n) is 4.36. The van der Waals surface area contributed by atoms with Crippen LogP contribution in [-0.4, -0.2) is 32.0 Å². The SMILES string of the molecule is COc1ccc([C@@H](Cc2c(Cl)c[nH+]cc2Cl)OC(=O)c2ccc(C=O)s2)cc1OC.[OH-]. The molecule has 0 saturated heterocycles. The largest absolute Gasteiger partial charge is 0.870 e. The third kappa shape index (κ3) is 5.74. The standard InChI is InChI=1S/C21H17Cl2NO5S.H2O/c1-27-17-5-3-12(7-19(17)28-2)18(8-14-15(22)9-24-10-16(14)23)29-21(26)20-6-4-13(11-25)30-20;/h3-7,9-11,18H,8H2,1-2H3;1H2/t18-;/m1./s1. The molecule has 10 heteroatoms. The van der Waals surface area contributed by atoms with Gasteiger partial charge in [0.15, 0.2) is 30.2 Å². The van der Waals surface area contributed by atoms with Crippen molar-refractivity contribution in [2.24, 2.45) is 0 Å². The molecule has 3 aromatic rings. The molecule has 0 aliphatic carbocycles. The van der Waals surface area contributed by atoms with Crippen LogP contribution in [0.1, 0.15) is 36.6 Å². The van der Waals surface area contributed by atoms with Gasteiger partial charge in [0, 0.05) is 12.0 Å². The minimum Gasteiger partial charge on any atom is -0.870 e. The Hall–Kier alpha value is -2.65. The topological polar surface area (TPSA) is 106 Å². The van der Waals surface area contributed by atoms with E-state index in [1.54, 1.807) is 42.7 Å². The second kappa shape index (κ2) is 11.1. The Labute approximate surface area is 192 Å². The number of hydrogen-bond acceptors (Lipinski definition) is 7. The molecule has 2 heterocycles. The van der Waals surface area contributed by atoms with Crippen molar-refractivity contribution < 1.29 is 34.3 Å². The lowest BCUT2D eigenvalue weighted by molar-refractivity contribution is -0.377. The molecule has 0 aliphatic heterocycles. The Kier molecular flexibility index (Phi) is 8.82. The Morgan fingerprint density at radius 1 is 1.10 bits per heavy atom. The number of pyridine rings is 1. The highest BCUT2D eigenvalue weighted by molar-refractivity contribution is 7.15. The lowest BCUT2D eigenvalue weighted by Crippen LogP contribution is -2.15. The molecule has 7 nitrogen and oxygen atoms in total. The van der Waals surface area contributed by atoms with Crippen LogP contribution < -0.4 is 14.5 Å². The molecule has 2 N–H and O–H groups in total. The summed E-state index contributed by atoms with van der Waals surface area (Å²) in [6.07, 6.45) is 3.42. The normalized spacial score (nSPS) is 11.2. The number of ether oxygens (including phenoxy) is 3. The summed E-state index contributed by atoms with van der Waals surface area (Å²) >= 11 is 13.7. The summed E-state index contributed by atoms with van der Waals surface area (Å²) in [6, 6.07) is 8.37. The van der Waals surface area contributed by atoms with Gasteiger partial charge in [0.05, 0.1) is 19.1 Å². The van der Waals surface area contributed by atoms with Gasteiger partial charge in [-0.1, -0.05) is 29.3 Å². The molecular formula is C21H19Cl2NO6S. The summed E-state index contributed by atoms with van der Waals surface area (Å²) in [5, 5.41) is 0.840. The van der Waals surface area contributed by atoms with Gasteiger partial charge >= 0.3 is 5.97 Å². The summed E-state index contributed by atoms with van der Waals surface area (Å²) in [5.74, 6) is 0.488. The minimum absolute atomic E-state index is 0. The smallest absolute Gasteiger partial charge is 0.348 e. The maximum atomic E-state index is 12.7. The van der Waals surface area contributed by atoms with E-state index in [0.717, 1.165) is 11.3 Å². The molecule has 1 atom stereocenters. The first-order chi connectivity index (χ1) is 14.5. The van der Waals surface area contributed by atoms with Crippen molar-refractivity contribution >= 4 is 46.8 Å². The van der Waals surface area contributed by atoms with Crippen LogP contribution in [0.25, 0.3) is 0 Å². The molecule has 0 fully saturated rings. The summed E-state index contributed by atoms with van der Waals surface area (Å²) in [5.41, 5.74) is 1.30. The van der Waals surface area contributed by atoms with E-state index in [4.69, 9.17) is 37.4 Å². The van der Waals surface area contributed by atoms with Crippen molar-refractivity contribution in [2.75, 3.05) is 14.2 Å². The van der Waals surface area contributed by atoms with E-state index in [1.807, 2.05) is 0 Å². The first-order valence-electron chi connectivity index (χ1n) is 8.78. The number of benzene rings is 1. The van der Waals surface area contributed by atoms with Gasteiger partial charge in [-0.3, -0.25) is 4.79 Å². The van der Waals surface area contributed by atoms with Crippen molar-refractivity contribution in [2.45, 2.75) is 12.5 Å². The highest BCUT2D eigenvalue weighted by atomic mass is 35.5. The van der Waals surface area contributed by atoms with Crippen LogP contribution in [0.4, 0.5) is 0 Å². The predicted octanol–water partition coefficient (Wildman–Crippen LogP) is 4.66. The van der Waals surface area contributed by atoms with E-state index >= 15 is 0 Å². The average molecular weight is 484 g/mol. The molecule has 0 aliphatic rings. The zero-order valence-corrected chi connectivity index (χ0v) is 18.9. The van der Waals surface area contributed by atoms with E-state index in [9.17, 15) is 9.59 Å². The van der Waals surface area contributed by atoms with Crippen LogP contribution in [0.15, 0.2) is 42.7 Å². The Balaban J connectivity index is 0.00000341. The monoisotopic (exact) mass is 483 g/mol. The fourth-order valence-electron chi connectivity index (χ4n) is 2.85. The average Bonchev–Trinajstić information content (AvgIpc) is 3.24. The van der Waals surface area contributed by atoms with Crippen LogP contribution >= 0.6 is 34.5 Å². The van der Waals surface area contributed by atoms with Crippen LogP contribution in [0, 0.1) is 0 Å². The lowest BCUT2D eigenvalue weighted by atomic mass is 10.0. The van der Waals surface area contributed by atoms with Crippen LogP contribution in [0.5, 0.6) is 11.5 Å². The molecule has 0 saturated carbocycles. The van der Waals surface area contributed by atoms with Gasteiger partial charge in [0.1, 0.15) is 21.0 Å². The van der Waals surface area contributed by atoms with Gasteiger partial charge in [-0.25, -0.2) is 9.78 Å². The number of esters is 1. The molecule has 0 amide bonds. The number of carbonyl (C=O) groups excluding carboxylic acids is 2. The van der Waals surface area contributed by atoms with Crippen molar-refractivity contribution in [3.63, 3.8) is 0 Å². The number of hydrogen-bond donors (Lipinski definition) is 0. The molecular weight excluding hydrogens is 465 g/mol. The van der Waals surface area contributed by atoms with Crippen molar-refractivity contribution in [3.05, 3.63) is 73.7 Å². The summed E-state index contributed by atoms with van der Waals surface area (Å²) in [7, 11) is 3.06. The van der Waals surface area contributed by atoms with Gasteiger partial charge < -0.3 is 19.7 Å². The fourth-order valence-corrected chi connectivity index (χ4v) is 4.09. The summed E-state index contributed by atoms with van der Waals surface area (Å²) in [4.78, 5) is 27.3. The van der Waals surface area contributed by atoms with E-state index in [0.29, 0.717) is 48.7 Å². The minimum atomic E-state index is -0.712. The number of nitrogens with one attached hydrogen (secondary N) is 1. The van der Waals surface area contributed by atoms with Crippen LogP contribution in [0.3, 0.4) is 0 Å². The number of carbonyl (C=O) groups is 2. The highest BCUT2D eigenvalue weighted by Gasteiger charge is 2.24. The molecule has 0 bridgehead atoms. The van der Waals surface area contributed by atoms with E-state index < -0.39 is 12.1 Å². The lowest BCUT2D eigenvalue weighted by Gasteiger charge is -2.20. The molecule has 164 valence electrons. The first-order valence-corrected chi connectivity index (χ1v) is 10.4. The molecule has 31 heavy (non-hydrogen) atoms. The van der Waals surface area contributed by atoms with Gasteiger partial charge in [0.2, 0.25) is 0 Å². The number of aromatic nitrogens is 1. The number of thiophene rings is 1. The first kappa shape index (κ1) is 24.6. The molecule has 0 unspecified atom stereocenters. The van der Waals surface area contributed by atoms with Crippen molar-refractivity contribution in [1.82, 2.24) is 0 Å². The van der Waals surface area contributed by atoms with E-state index in [2.05, 4.69) is 4.98 Å². The number of rotatable bonds is 8. The van der Waals surface area contributed by atoms with Crippen molar-refractivity contribution in [3.8, 4) is 11.5 Å². The number of methoxy groups -OCH3 is 2. The zero-order chi connectivity index (χ0) is 21.7. The van der Waals surface area contributed by atoms with E-state index in [1.165, 1.54) is 14.2 Å². The summed E-state index contributed by atoms with van der Waals surface area (Å²) < 4.78 is 16.5. The quantitative estimate of drug-likeness (QED) is 0.340. The molecule has 0 radical (unpaired) electrons. The highest BCUT2D eigenvalue weighted by Crippen LogP contribution is 2.35. The second-order valence-electron chi connectivity index (χ2n) is 6.16. The molecule has 0 spiro atoms. The van der Waals surface area contributed by atoms with Crippen LogP contribution in [-0.2, 0) is 11.2 Å². The molecule has 1 aromatic carbocycles. The predicted molar refractivity (Wildman–Crippen MR) is 116 cm³/mol. The van der Waals surface area contributed by atoms with Gasteiger partial charge in [-0.15, -0.1) is 11.3 Å². The maximum absolute atomic E-state index is 12.7. The number of aromatic amines is 1. The number of H-pyrrole nitrogens is 1. The van der Waals surface area contributed by atoms with Gasteiger partial charge in [-0.2, -0.15) is 0 Å². The molecule has 3 rings (SSSR count). The van der Waals surface area contributed by atoms with Crippen molar-refractivity contribution in [1.29, 1.82) is 0 Å². The van der Waals surface area contributed by atoms with Crippen LogP contribution in [0.2, 0.25) is 10.0 Å². The van der Waals surface area contributed by atoms with Gasteiger partial charge in [0.25, 0.3) is 0 Å². The molecule has 2 aromatic heterocycles.